The number of nitrogens with one attached hydrogen (secondary N) is 1. The molecule has 0 aromatic rings. The van der Waals surface area contributed by atoms with E-state index in [0.717, 1.165) is 44.6 Å². The Morgan fingerprint density at radius 3 is 2.58 bits per heavy atom. The summed E-state index contributed by atoms with van der Waals surface area (Å²) in [5.41, 5.74) is 0.0521. The summed E-state index contributed by atoms with van der Waals surface area (Å²) in [7, 11) is 0. The maximum absolute atomic E-state index is 6.02. The van der Waals surface area contributed by atoms with E-state index in [1.165, 1.54) is 38.5 Å². The average molecular weight is 267 g/mol. The molecule has 1 aliphatic carbocycles. The standard InChI is InChI=1S/C16H29NO2/c1-2-13-3-5-14(6-4-13)17-15-7-9-19-16(11-15)8-10-18-12-16/h13-15,17H,2-12H2,1H3. The van der Waals surface area contributed by atoms with Crippen molar-refractivity contribution >= 4 is 0 Å². The summed E-state index contributed by atoms with van der Waals surface area (Å²) in [6.07, 6.45) is 10.4. The molecule has 1 spiro atoms. The van der Waals surface area contributed by atoms with Gasteiger partial charge >= 0.3 is 0 Å². The van der Waals surface area contributed by atoms with Gasteiger partial charge in [0.25, 0.3) is 0 Å². The largest absolute Gasteiger partial charge is 0.378 e. The zero-order chi connectivity index (χ0) is 13.1. The van der Waals surface area contributed by atoms with E-state index in [2.05, 4.69) is 12.2 Å². The first kappa shape index (κ1) is 13.8. The van der Waals surface area contributed by atoms with Gasteiger partial charge in [-0.15, -0.1) is 0 Å². The first-order chi connectivity index (χ1) is 9.30. The summed E-state index contributed by atoms with van der Waals surface area (Å²) in [5, 5.41) is 3.92. The van der Waals surface area contributed by atoms with Crippen LogP contribution in [0.15, 0.2) is 0 Å². The fourth-order valence-electron chi connectivity index (χ4n) is 4.10. The zero-order valence-electron chi connectivity index (χ0n) is 12.3. The Hall–Kier alpha value is -0.120. The average Bonchev–Trinajstić information content (AvgIpc) is 2.88. The molecular weight excluding hydrogens is 238 g/mol. The van der Waals surface area contributed by atoms with Crippen molar-refractivity contribution in [3.63, 3.8) is 0 Å². The maximum Gasteiger partial charge on any atom is 0.0951 e. The SMILES string of the molecule is CCC1CCC(NC2CCOC3(CCOC3)C2)CC1. The normalized spacial score (nSPS) is 43.7. The number of rotatable bonds is 3. The molecule has 110 valence electrons. The molecule has 2 aliphatic heterocycles. The van der Waals surface area contributed by atoms with Crippen molar-refractivity contribution in [3.05, 3.63) is 0 Å². The van der Waals surface area contributed by atoms with E-state index in [4.69, 9.17) is 9.47 Å². The number of hydrogen-bond donors (Lipinski definition) is 1. The second-order valence-electron chi connectivity index (χ2n) is 6.82. The third kappa shape index (κ3) is 3.32. The molecule has 3 rings (SSSR count). The fourth-order valence-corrected chi connectivity index (χ4v) is 4.10. The van der Waals surface area contributed by atoms with E-state index in [1.54, 1.807) is 0 Å². The van der Waals surface area contributed by atoms with E-state index in [-0.39, 0.29) is 5.60 Å². The van der Waals surface area contributed by atoms with Crippen molar-refractivity contribution in [1.29, 1.82) is 0 Å². The van der Waals surface area contributed by atoms with E-state index in [0.29, 0.717) is 6.04 Å². The summed E-state index contributed by atoms with van der Waals surface area (Å²) in [5.74, 6) is 0.988. The monoisotopic (exact) mass is 267 g/mol. The van der Waals surface area contributed by atoms with Crippen LogP contribution in [0.1, 0.15) is 58.3 Å². The second-order valence-corrected chi connectivity index (χ2v) is 6.82. The van der Waals surface area contributed by atoms with Gasteiger partial charge in [-0.2, -0.15) is 0 Å². The topological polar surface area (TPSA) is 30.5 Å². The Balaban J connectivity index is 1.47. The lowest BCUT2D eigenvalue weighted by Gasteiger charge is -2.40. The van der Waals surface area contributed by atoms with Crippen LogP contribution in [0.2, 0.25) is 0 Å². The van der Waals surface area contributed by atoms with E-state index >= 15 is 0 Å². The highest BCUT2D eigenvalue weighted by Gasteiger charge is 2.41. The van der Waals surface area contributed by atoms with Gasteiger partial charge < -0.3 is 14.8 Å². The van der Waals surface area contributed by atoms with Crippen molar-refractivity contribution in [3.8, 4) is 0 Å². The van der Waals surface area contributed by atoms with Crippen molar-refractivity contribution in [2.24, 2.45) is 5.92 Å². The first-order valence-electron chi connectivity index (χ1n) is 8.27. The molecule has 2 saturated heterocycles. The van der Waals surface area contributed by atoms with Gasteiger partial charge in [-0.25, -0.2) is 0 Å². The lowest BCUT2D eigenvalue weighted by molar-refractivity contribution is -0.0908. The molecule has 0 radical (unpaired) electrons. The second kappa shape index (κ2) is 6.11. The molecule has 0 aromatic heterocycles. The predicted molar refractivity (Wildman–Crippen MR) is 76.3 cm³/mol. The molecule has 2 atom stereocenters. The summed E-state index contributed by atoms with van der Waals surface area (Å²) in [4.78, 5) is 0. The van der Waals surface area contributed by atoms with Gasteiger partial charge in [0.2, 0.25) is 0 Å². The van der Waals surface area contributed by atoms with Gasteiger partial charge in [-0.05, 0) is 44.4 Å². The third-order valence-corrected chi connectivity index (χ3v) is 5.46. The Labute approximate surface area is 117 Å². The van der Waals surface area contributed by atoms with Gasteiger partial charge in [0, 0.05) is 31.7 Å². The van der Waals surface area contributed by atoms with Gasteiger partial charge in [-0.3, -0.25) is 0 Å². The molecule has 2 heterocycles. The smallest absolute Gasteiger partial charge is 0.0951 e. The zero-order valence-corrected chi connectivity index (χ0v) is 12.3. The Morgan fingerprint density at radius 2 is 1.89 bits per heavy atom. The lowest BCUT2D eigenvalue weighted by Crippen LogP contribution is -2.50. The molecule has 3 heteroatoms. The maximum atomic E-state index is 6.02. The van der Waals surface area contributed by atoms with Crippen LogP contribution in [-0.2, 0) is 9.47 Å². The lowest BCUT2D eigenvalue weighted by atomic mass is 9.83. The van der Waals surface area contributed by atoms with Crippen LogP contribution in [-0.4, -0.2) is 37.5 Å². The molecule has 19 heavy (non-hydrogen) atoms. The molecule has 0 bridgehead atoms. The summed E-state index contributed by atoms with van der Waals surface area (Å²) in [6, 6.07) is 1.41. The summed E-state index contributed by atoms with van der Waals surface area (Å²) in [6.45, 7) is 4.94. The highest BCUT2D eigenvalue weighted by atomic mass is 16.6. The van der Waals surface area contributed by atoms with Crippen LogP contribution in [0, 0.1) is 5.92 Å². The van der Waals surface area contributed by atoms with Crippen LogP contribution < -0.4 is 5.32 Å². The van der Waals surface area contributed by atoms with Crippen molar-refractivity contribution in [1.82, 2.24) is 5.32 Å². The first-order valence-corrected chi connectivity index (χ1v) is 8.27. The van der Waals surface area contributed by atoms with Crippen molar-refractivity contribution in [2.75, 3.05) is 19.8 Å². The van der Waals surface area contributed by atoms with E-state index < -0.39 is 0 Å². The molecular formula is C16H29NO2. The van der Waals surface area contributed by atoms with Gasteiger partial charge in [0.1, 0.15) is 0 Å². The van der Waals surface area contributed by atoms with E-state index in [9.17, 15) is 0 Å². The van der Waals surface area contributed by atoms with Crippen LogP contribution in [0.25, 0.3) is 0 Å². The number of hydrogen-bond acceptors (Lipinski definition) is 3. The molecule has 3 nitrogen and oxygen atoms in total. The third-order valence-electron chi connectivity index (χ3n) is 5.46. The highest BCUT2D eigenvalue weighted by molar-refractivity contribution is 4.94. The van der Waals surface area contributed by atoms with Gasteiger partial charge in [0.15, 0.2) is 0 Å². The molecule has 2 unspecified atom stereocenters. The van der Waals surface area contributed by atoms with E-state index in [1.807, 2.05) is 0 Å². The van der Waals surface area contributed by atoms with Crippen molar-refractivity contribution < 1.29 is 9.47 Å². The van der Waals surface area contributed by atoms with Gasteiger partial charge in [0.05, 0.1) is 12.2 Å². The predicted octanol–water partition coefficient (Wildman–Crippen LogP) is 2.88. The van der Waals surface area contributed by atoms with Crippen molar-refractivity contribution in [2.45, 2.75) is 76.0 Å². The molecule has 0 aromatic carbocycles. The summed E-state index contributed by atoms with van der Waals surface area (Å²) < 4.78 is 11.6. The molecule has 3 aliphatic rings. The number of ether oxygens (including phenoxy) is 2. The van der Waals surface area contributed by atoms with Crippen LogP contribution in [0.3, 0.4) is 0 Å². The quantitative estimate of drug-likeness (QED) is 0.853. The highest BCUT2D eigenvalue weighted by Crippen LogP contribution is 2.34. The minimum absolute atomic E-state index is 0.0521. The minimum Gasteiger partial charge on any atom is -0.378 e. The Morgan fingerprint density at radius 1 is 1.05 bits per heavy atom. The van der Waals surface area contributed by atoms with Crippen LogP contribution >= 0.6 is 0 Å². The van der Waals surface area contributed by atoms with Crippen LogP contribution in [0.5, 0.6) is 0 Å². The molecule has 1 saturated carbocycles. The Bertz CT molecular complexity index is 280. The Kier molecular flexibility index (Phi) is 4.45. The van der Waals surface area contributed by atoms with Gasteiger partial charge in [-0.1, -0.05) is 13.3 Å². The van der Waals surface area contributed by atoms with Crippen LogP contribution in [0.4, 0.5) is 0 Å². The fraction of sp³-hybridized carbons (Fsp3) is 1.00. The molecule has 0 amide bonds. The summed E-state index contributed by atoms with van der Waals surface area (Å²) >= 11 is 0. The molecule has 3 fully saturated rings. The molecule has 1 N–H and O–H groups in total. The minimum atomic E-state index is 0.0521.